The monoisotopic (exact) mass is 405 g/mol. The van der Waals surface area contributed by atoms with Gasteiger partial charge in [0.05, 0.1) is 19.6 Å². The molecule has 158 valence electrons. The summed E-state index contributed by atoms with van der Waals surface area (Å²) in [5.41, 5.74) is 13.4. The van der Waals surface area contributed by atoms with E-state index in [1.54, 1.807) is 7.11 Å². The molecule has 3 atom stereocenters. The number of benzene rings is 2. The van der Waals surface area contributed by atoms with Gasteiger partial charge in [-0.05, 0) is 61.1 Å². The molecule has 2 aromatic rings. The third-order valence-corrected chi connectivity index (χ3v) is 6.64. The lowest BCUT2D eigenvalue weighted by Gasteiger charge is -2.46. The molecule has 30 heavy (non-hydrogen) atoms. The van der Waals surface area contributed by atoms with Gasteiger partial charge in [-0.25, -0.2) is 0 Å². The van der Waals surface area contributed by atoms with Crippen LogP contribution >= 0.6 is 0 Å². The van der Waals surface area contributed by atoms with Crippen molar-refractivity contribution in [3.8, 4) is 17.6 Å². The van der Waals surface area contributed by atoms with Crippen LogP contribution in [0.1, 0.15) is 52.6 Å². The molecule has 0 bridgehead atoms. The standard InChI is InChI=1S/C25H31N3O2/c1-16-5-6-17(2)19(11-16)21-15-28-9-7-18-12-25(30-10-4-8-26)24(29-3)13-20(18)23(28)14-22(21)27/h5-6,11-13,21-23H,4,7,9-10,14-15,27H2,1-3H3/t21-,22+,23+/m0/s1. The lowest BCUT2D eigenvalue weighted by molar-refractivity contribution is 0.109. The van der Waals surface area contributed by atoms with Crippen molar-refractivity contribution in [1.82, 2.24) is 4.90 Å². The molecule has 0 aliphatic carbocycles. The SMILES string of the molecule is COc1cc2c(cc1OCCC#N)CCN1C[C@@H](c3cc(C)ccc3C)[C@H](N)C[C@H]21. The zero-order valence-corrected chi connectivity index (χ0v) is 18.1. The Hall–Kier alpha value is -2.55. The lowest BCUT2D eigenvalue weighted by atomic mass is 9.77. The van der Waals surface area contributed by atoms with E-state index in [1.165, 1.54) is 27.8 Å². The zero-order chi connectivity index (χ0) is 21.3. The van der Waals surface area contributed by atoms with E-state index in [9.17, 15) is 0 Å². The molecule has 2 aromatic carbocycles. The number of rotatable bonds is 5. The molecule has 2 aliphatic heterocycles. The van der Waals surface area contributed by atoms with Crippen molar-refractivity contribution >= 4 is 0 Å². The summed E-state index contributed by atoms with van der Waals surface area (Å²) in [4.78, 5) is 2.59. The highest BCUT2D eigenvalue weighted by molar-refractivity contribution is 5.50. The van der Waals surface area contributed by atoms with E-state index in [2.05, 4.69) is 55.1 Å². The van der Waals surface area contributed by atoms with Crippen molar-refractivity contribution in [2.75, 3.05) is 26.8 Å². The lowest BCUT2D eigenvalue weighted by Crippen LogP contribution is -2.49. The van der Waals surface area contributed by atoms with Crippen molar-refractivity contribution in [3.63, 3.8) is 0 Å². The summed E-state index contributed by atoms with van der Waals surface area (Å²) < 4.78 is 11.4. The number of hydrogen-bond donors (Lipinski definition) is 1. The summed E-state index contributed by atoms with van der Waals surface area (Å²) in [5, 5.41) is 8.77. The average Bonchev–Trinajstić information content (AvgIpc) is 2.74. The molecule has 5 heteroatoms. The van der Waals surface area contributed by atoms with Crippen LogP contribution in [-0.2, 0) is 6.42 Å². The molecule has 0 amide bonds. The van der Waals surface area contributed by atoms with Gasteiger partial charge < -0.3 is 15.2 Å². The number of nitrogens with zero attached hydrogens (tertiary/aromatic N) is 2. The fraction of sp³-hybridized carbons (Fsp3) is 0.480. The van der Waals surface area contributed by atoms with E-state index in [4.69, 9.17) is 20.5 Å². The van der Waals surface area contributed by atoms with Gasteiger partial charge in [-0.1, -0.05) is 23.8 Å². The first-order valence-corrected chi connectivity index (χ1v) is 10.8. The molecule has 4 rings (SSSR count). The molecule has 1 fully saturated rings. The predicted molar refractivity (Wildman–Crippen MR) is 118 cm³/mol. The minimum absolute atomic E-state index is 0.121. The van der Waals surface area contributed by atoms with Crippen molar-refractivity contribution in [2.24, 2.45) is 5.73 Å². The van der Waals surface area contributed by atoms with Gasteiger partial charge in [0.2, 0.25) is 0 Å². The third kappa shape index (κ3) is 3.90. The Kier molecular flexibility index (Phi) is 5.99. The Bertz CT molecular complexity index is 966. The van der Waals surface area contributed by atoms with Gasteiger partial charge in [0, 0.05) is 31.1 Å². The number of aryl methyl sites for hydroxylation is 2. The molecule has 1 saturated heterocycles. The molecule has 0 spiro atoms. The maximum Gasteiger partial charge on any atom is 0.161 e. The fourth-order valence-corrected chi connectivity index (χ4v) is 5.03. The molecular weight excluding hydrogens is 374 g/mol. The number of hydrogen-bond acceptors (Lipinski definition) is 5. The van der Waals surface area contributed by atoms with Gasteiger partial charge >= 0.3 is 0 Å². The molecule has 0 saturated carbocycles. The van der Waals surface area contributed by atoms with Crippen LogP contribution in [0, 0.1) is 25.2 Å². The summed E-state index contributed by atoms with van der Waals surface area (Å²) >= 11 is 0. The molecule has 5 nitrogen and oxygen atoms in total. The van der Waals surface area contributed by atoms with Crippen molar-refractivity contribution in [2.45, 2.75) is 51.1 Å². The van der Waals surface area contributed by atoms with E-state index >= 15 is 0 Å². The van der Waals surface area contributed by atoms with Crippen LogP contribution in [0.4, 0.5) is 0 Å². The van der Waals surface area contributed by atoms with Gasteiger partial charge in [0.25, 0.3) is 0 Å². The van der Waals surface area contributed by atoms with E-state index in [-0.39, 0.29) is 6.04 Å². The zero-order valence-electron chi connectivity index (χ0n) is 18.1. The van der Waals surface area contributed by atoms with Gasteiger partial charge in [-0.3, -0.25) is 4.90 Å². The number of ether oxygens (including phenoxy) is 2. The summed E-state index contributed by atoms with van der Waals surface area (Å²) in [7, 11) is 1.67. The van der Waals surface area contributed by atoms with Crippen LogP contribution < -0.4 is 15.2 Å². The van der Waals surface area contributed by atoms with Crippen LogP contribution in [0.15, 0.2) is 30.3 Å². The molecule has 2 heterocycles. The average molecular weight is 406 g/mol. The Morgan fingerprint density at radius 2 is 2.00 bits per heavy atom. The van der Waals surface area contributed by atoms with Gasteiger partial charge in [0.1, 0.15) is 6.61 Å². The van der Waals surface area contributed by atoms with Gasteiger partial charge in [-0.2, -0.15) is 5.26 Å². The highest BCUT2D eigenvalue weighted by Crippen LogP contribution is 2.44. The second kappa shape index (κ2) is 8.67. The Morgan fingerprint density at radius 1 is 1.17 bits per heavy atom. The minimum atomic E-state index is 0.121. The summed E-state index contributed by atoms with van der Waals surface area (Å²) in [6.45, 7) is 6.73. The molecule has 0 unspecified atom stereocenters. The van der Waals surface area contributed by atoms with Gasteiger partial charge in [-0.15, -0.1) is 0 Å². The number of piperidine rings is 1. The molecular formula is C25H31N3O2. The van der Waals surface area contributed by atoms with Crippen LogP contribution in [0.3, 0.4) is 0 Å². The van der Waals surface area contributed by atoms with Crippen molar-refractivity contribution in [3.05, 3.63) is 58.1 Å². The Labute approximate surface area is 179 Å². The molecule has 2 aliphatic rings. The largest absolute Gasteiger partial charge is 0.493 e. The summed E-state index contributed by atoms with van der Waals surface area (Å²) in [6, 6.07) is 13.5. The maximum atomic E-state index is 8.77. The van der Waals surface area contributed by atoms with Crippen LogP contribution in [-0.4, -0.2) is 37.7 Å². The van der Waals surface area contributed by atoms with E-state index < -0.39 is 0 Å². The second-order valence-corrected chi connectivity index (χ2v) is 8.59. The maximum absolute atomic E-state index is 8.77. The highest BCUT2D eigenvalue weighted by Gasteiger charge is 2.39. The van der Waals surface area contributed by atoms with Gasteiger partial charge in [0.15, 0.2) is 11.5 Å². The fourth-order valence-electron chi connectivity index (χ4n) is 5.03. The van der Waals surface area contributed by atoms with Crippen LogP contribution in [0.25, 0.3) is 0 Å². The number of nitrogens with two attached hydrogens (primary N) is 1. The number of nitriles is 1. The van der Waals surface area contributed by atoms with E-state index in [0.29, 0.717) is 25.0 Å². The predicted octanol–water partition coefficient (Wildman–Crippen LogP) is 4.02. The second-order valence-electron chi connectivity index (χ2n) is 8.59. The third-order valence-electron chi connectivity index (χ3n) is 6.64. The number of methoxy groups -OCH3 is 1. The summed E-state index contributed by atoms with van der Waals surface area (Å²) in [5.74, 6) is 1.82. The first-order chi connectivity index (χ1) is 14.5. The highest BCUT2D eigenvalue weighted by atomic mass is 16.5. The smallest absolute Gasteiger partial charge is 0.161 e. The first-order valence-electron chi connectivity index (χ1n) is 10.8. The van der Waals surface area contributed by atoms with E-state index in [0.717, 1.165) is 37.4 Å². The van der Waals surface area contributed by atoms with Crippen LogP contribution in [0.2, 0.25) is 0 Å². The molecule has 0 radical (unpaired) electrons. The van der Waals surface area contributed by atoms with E-state index in [1.807, 2.05) is 0 Å². The summed E-state index contributed by atoms with van der Waals surface area (Å²) in [6.07, 6.45) is 2.29. The molecule has 0 aromatic heterocycles. The van der Waals surface area contributed by atoms with Crippen molar-refractivity contribution in [1.29, 1.82) is 5.26 Å². The normalized spacial score (nSPS) is 23.2. The quantitative estimate of drug-likeness (QED) is 0.761. The van der Waals surface area contributed by atoms with Crippen molar-refractivity contribution < 1.29 is 9.47 Å². The van der Waals surface area contributed by atoms with Crippen LogP contribution in [0.5, 0.6) is 11.5 Å². The Morgan fingerprint density at radius 3 is 2.77 bits per heavy atom. The minimum Gasteiger partial charge on any atom is -0.493 e. The Balaban J connectivity index is 1.60. The number of fused-ring (bicyclic) bond motifs is 3. The topological polar surface area (TPSA) is 71.5 Å². The molecule has 2 N–H and O–H groups in total. The first kappa shape index (κ1) is 20.7.